The molecule has 4 amide bonds. The zero-order valence-electron chi connectivity index (χ0n) is 40.7. The monoisotopic (exact) mass is 885 g/mol. The van der Waals surface area contributed by atoms with Crippen molar-refractivity contribution in [3.63, 3.8) is 0 Å². The van der Waals surface area contributed by atoms with Crippen LogP contribution in [0, 0.1) is 22.7 Å². The molecule has 0 aromatic rings. The molecule has 1 aliphatic carbocycles. The van der Waals surface area contributed by atoms with Crippen molar-refractivity contribution in [2.24, 2.45) is 22.7 Å². The standard InChI is InChI=1S/C26H43N3O4.C14H29NO2.C6H12O2S.CH4O/c1-19(2)13-15-27-21(20-9-7-10-20)17-28-24(32)25(3,4)18-33-26(5,6)14-8-16-29-22(30)11-12-23(29)31;1-6-7-9-15-13(16)11-14(4,5)17-10-8-12(2)3;1-6(2,3-4-7)5(8)9;1-2/h11-12,19,27H,7-10,13-18H2,1-6H3,(H,28,32);12H,6-11H2,1-5H3,(H,15,16);7H,3-4H2,1-2H3,(H,8,9);2H,1H3. The SMILES string of the molecule is CC(C)(CCO)C(=O)S.CC(C)CCNC(CNC(=O)C(C)(C)COC(C)(C)CCCN1C(=O)C=CC1=O)=C1CCC1.CCCCNC(=O)CC(C)(C)OCCC(C)C.CO. The quantitative estimate of drug-likeness (QED) is 0.0293. The lowest BCUT2D eigenvalue weighted by atomic mass is 9.89. The van der Waals surface area contributed by atoms with Gasteiger partial charge in [-0.05, 0) is 117 Å². The second-order valence-corrected chi connectivity index (χ2v) is 19.7. The van der Waals surface area contributed by atoms with E-state index in [0.717, 1.165) is 65.3 Å². The molecule has 0 radical (unpaired) electrons. The number of aliphatic hydroxyl groups excluding tert-OH is 2. The third kappa shape index (κ3) is 28.5. The maximum Gasteiger partial charge on any atom is 0.253 e. The number of carbonyl (C=O) groups is 5. The molecule has 2 aliphatic rings. The van der Waals surface area contributed by atoms with Gasteiger partial charge in [-0.15, -0.1) is 12.6 Å². The molecule has 2 rings (SSSR count). The lowest BCUT2D eigenvalue weighted by molar-refractivity contribution is -0.139. The van der Waals surface area contributed by atoms with Crippen LogP contribution in [0.25, 0.3) is 0 Å². The lowest BCUT2D eigenvalue weighted by Crippen LogP contribution is -2.44. The Kier molecular flexibility index (Phi) is 30.8. The first kappa shape index (κ1) is 60.3. The lowest BCUT2D eigenvalue weighted by Gasteiger charge is -2.32. The van der Waals surface area contributed by atoms with Crippen molar-refractivity contribution < 1.29 is 43.7 Å². The first-order valence-electron chi connectivity index (χ1n) is 22.4. The summed E-state index contributed by atoms with van der Waals surface area (Å²) in [4.78, 5) is 59.8. The van der Waals surface area contributed by atoms with Crippen molar-refractivity contribution in [2.45, 2.75) is 172 Å². The summed E-state index contributed by atoms with van der Waals surface area (Å²) >= 11 is 3.66. The van der Waals surface area contributed by atoms with E-state index in [1.54, 1.807) is 13.8 Å². The van der Waals surface area contributed by atoms with Crippen LogP contribution in [-0.2, 0) is 33.4 Å². The van der Waals surface area contributed by atoms with Gasteiger partial charge in [0.15, 0.2) is 5.12 Å². The van der Waals surface area contributed by atoms with Crippen molar-refractivity contribution >= 4 is 41.4 Å². The van der Waals surface area contributed by atoms with Gasteiger partial charge in [0.05, 0.1) is 36.2 Å². The largest absolute Gasteiger partial charge is 0.400 e. The van der Waals surface area contributed by atoms with E-state index in [1.165, 1.54) is 34.7 Å². The molecule has 0 aromatic heterocycles. The van der Waals surface area contributed by atoms with Gasteiger partial charge in [-0.1, -0.05) is 54.9 Å². The van der Waals surface area contributed by atoms with Crippen LogP contribution in [0.5, 0.6) is 0 Å². The molecule has 356 valence electrons. The van der Waals surface area contributed by atoms with Crippen LogP contribution in [0.2, 0.25) is 0 Å². The molecule has 0 spiro atoms. The Morgan fingerprint density at radius 3 is 1.82 bits per heavy atom. The minimum absolute atomic E-state index is 0.0271. The average molecular weight is 885 g/mol. The van der Waals surface area contributed by atoms with Crippen LogP contribution < -0.4 is 16.0 Å². The highest BCUT2D eigenvalue weighted by atomic mass is 32.1. The number of hydrogen-bond donors (Lipinski definition) is 6. The fraction of sp³-hybridized carbons (Fsp3) is 0.809. The number of imide groups is 1. The average Bonchev–Trinajstić information content (AvgIpc) is 3.45. The van der Waals surface area contributed by atoms with E-state index in [-0.39, 0.29) is 41.0 Å². The predicted molar refractivity (Wildman–Crippen MR) is 250 cm³/mol. The fourth-order valence-corrected chi connectivity index (χ4v) is 5.69. The van der Waals surface area contributed by atoms with Crippen LogP contribution in [0.3, 0.4) is 0 Å². The van der Waals surface area contributed by atoms with E-state index < -0.39 is 16.4 Å². The molecule has 0 bridgehead atoms. The Morgan fingerprint density at radius 2 is 1.36 bits per heavy atom. The minimum Gasteiger partial charge on any atom is -0.400 e. The second kappa shape index (κ2) is 31.1. The molecule has 14 heteroatoms. The van der Waals surface area contributed by atoms with Crippen LogP contribution in [0.15, 0.2) is 23.4 Å². The number of amides is 4. The number of allylic oxidation sites excluding steroid dienone is 1. The summed E-state index contributed by atoms with van der Waals surface area (Å²) in [5.41, 5.74) is 0.638. The summed E-state index contributed by atoms with van der Waals surface area (Å²) in [5, 5.41) is 24.9. The molecule has 0 aromatic carbocycles. The summed E-state index contributed by atoms with van der Waals surface area (Å²) in [6.07, 6.45) is 12.6. The molecular formula is C47H88N4O9S. The number of thiol groups is 1. The van der Waals surface area contributed by atoms with Gasteiger partial charge >= 0.3 is 0 Å². The zero-order valence-corrected chi connectivity index (χ0v) is 41.6. The summed E-state index contributed by atoms with van der Waals surface area (Å²) in [7, 11) is 1.00. The van der Waals surface area contributed by atoms with E-state index >= 15 is 0 Å². The van der Waals surface area contributed by atoms with Gasteiger partial charge in [0, 0.05) is 63.2 Å². The molecule has 1 aliphatic heterocycles. The Balaban J connectivity index is 0. The van der Waals surface area contributed by atoms with Crippen LogP contribution in [-0.4, -0.2) is 108 Å². The highest BCUT2D eigenvalue weighted by molar-refractivity contribution is 7.96. The number of rotatable bonds is 26. The van der Waals surface area contributed by atoms with E-state index in [9.17, 15) is 24.0 Å². The van der Waals surface area contributed by atoms with Crippen LogP contribution >= 0.6 is 12.6 Å². The molecule has 1 saturated carbocycles. The first-order valence-corrected chi connectivity index (χ1v) is 22.8. The van der Waals surface area contributed by atoms with E-state index in [4.69, 9.17) is 19.7 Å². The molecule has 0 unspecified atom stereocenters. The predicted octanol–water partition coefficient (Wildman–Crippen LogP) is 7.30. The van der Waals surface area contributed by atoms with Crippen molar-refractivity contribution in [2.75, 3.05) is 53.1 Å². The Labute approximate surface area is 375 Å². The molecule has 0 atom stereocenters. The highest BCUT2D eigenvalue weighted by Gasteiger charge is 2.32. The molecule has 1 fully saturated rings. The van der Waals surface area contributed by atoms with Gasteiger partial charge < -0.3 is 35.6 Å². The van der Waals surface area contributed by atoms with Gasteiger partial charge in [0.2, 0.25) is 11.8 Å². The number of aliphatic hydroxyl groups is 2. The Bertz CT molecular complexity index is 1350. The summed E-state index contributed by atoms with van der Waals surface area (Å²) in [5.74, 6) is 0.836. The van der Waals surface area contributed by atoms with Gasteiger partial charge in [-0.25, -0.2) is 0 Å². The highest BCUT2D eigenvalue weighted by Crippen LogP contribution is 2.28. The zero-order chi connectivity index (χ0) is 47.5. The maximum absolute atomic E-state index is 12.9. The fourth-order valence-electron chi connectivity index (χ4n) is 5.58. The molecule has 1 heterocycles. The van der Waals surface area contributed by atoms with Gasteiger partial charge in [0.25, 0.3) is 11.8 Å². The topological polar surface area (TPSA) is 184 Å². The number of carbonyl (C=O) groups excluding carboxylic acids is 5. The molecular weight excluding hydrogens is 797 g/mol. The first-order chi connectivity index (χ1) is 28.3. The number of hydrogen-bond acceptors (Lipinski definition) is 10. The van der Waals surface area contributed by atoms with Crippen molar-refractivity contribution in [1.82, 2.24) is 20.9 Å². The molecule has 5 N–H and O–H groups in total. The second-order valence-electron chi connectivity index (χ2n) is 19.3. The smallest absolute Gasteiger partial charge is 0.253 e. The van der Waals surface area contributed by atoms with Gasteiger partial charge in [0.1, 0.15) is 0 Å². The van der Waals surface area contributed by atoms with Crippen LogP contribution in [0.4, 0.5) is 0 Å². The van der Waals surface area contributed by atoms with E-state index in [1.807, 2.05) is 41.5 Å². The van der Waals surface area contributed by atoms with Crippen LogP contribution in [0.1, 0.15) is 161 Å². The molecule has 0 saturated heterocycles. The van der Waals surface area contributed by atoms with Crippen molar-refractivity contribution in [3.05, 3.63) is 23.4 Å². The van der Waals surface area contributed by atoms with E-state index in [0.29, 0.717) is 57.2 Å². The maximum atomic E-state index is 12.9. The minimum atomic E-state index is -0.671. The van der Waals surface area contributed by atoms with Gasteiger partial charge in [-0.3, -0.25) is 28.9 Å². The summed E-state index contributed by atoms with van der Waals surface area (Å²) in [6, 6.07) is 0. The molecule has 13 nitrogen and oxygen atoms in total. The third-order valence-electron chi connectivity index (χ3n) is 10.3. The summed E-state index contributed by atoms with van der Waals surface area (Å²) < 4.78 is 11.9. The molecule has 61 heavy (non-hydrogen) atoms. The third-order valence-corrected chi connectivity index (χ3v) is 10.9. The van der Waals surface area contributed by atoms with Crippen molar-refractivity contribution in [1.29, 1.82) is 0 Å². The number of nitrogens with one attached hydrogen (secondary N) is 3. The summed E-state index contributed by atoms with van der Waals surface area (Å²) in [6.45, 7) is 29.8. The number of ether oxygens (including phenoxy) is 2. The Hall–Kier alpha value is -2.78. The van der Waals surface area contributed by atoms with Gasteiger partial charge in [-0.2, -0.15) is 0 Å². The van der Waals surface area contributed by atoms with E-state index in [2.05, 4.69) is 63.2 Å². The number of unbranched alkanes of at least 4 members (excludes halogenated alkanes) is 1. The van der Waals surface area contributed by atoms with Crippen molar-refractivity contribution in [3.8, 4) is 0 Å². The normalized spacial score (nSPS) is 14.0. The number of nitrogens with zero attached hydrogens (tertiary/aromatic N) is 1. The Morgan fingerprint density at radius 1 is 0.787 bits per heavy atom.